The molecule has 150 valence electrons. The minimum absolute atomic E-state index is 0.137. The highest BCUT2D eigenvalue weighted by Crippen LogP contribution is 2.19. The summed E-state index contributed by atoms with van der Waals surface area (Å²) in [6, 6.07) is 12.7. The van der Waals surface area contributed by atoms with E-state index in [1.807, 2.05) is 0 Å². The van der Waals surface area contributed by atoms with Crippen LogP contribution in [0.25, 0.3) is 0 Å². The Bertz CT molecular complexity index is 936. The van der Waals surface area contributed by atoms with Gasteiger partial charge in [-0.25, -0.2) is 8.42 Å². The maximum Gasteiger partial charge on any atom is 0.255 e. The SMILES string of the molecule is CCC(=O)Nc1cccc(C(=O)Nc2ccc(S(=O)(=O)N(CC)CC)cc2)c1. The molecular weight excluding hydrogens is 378 g/mol. The van der Waals surface area contributed by atoms with Gasteiger partial charge in [0, 0.05) is 36.4 Å². The first kappa shape index (κ1) is 21.6. The monoisotopic (exact) mass is 403 g/mol. The summed E-state index contributed by atoms with van der Waals surface area (Å²) in [6.45, 7) is 6.10. The van der Waals surface area contributed by atoms with Crippen molar-refractivity contribution in [3.05, 3.63) is 54.1 Å². The van der Waals surface area contributed by atoms with Gasteiger partial charge in [0.1, 0.15) is 0 Å². The molecule has 0 aliphatic carbocycles. The molecule has 28 heavy (non-hydrogen) atoms. The van der Waals surface area contributed by atoms with Crippen molar-refractivity contribution in [3.63, 3.8) is 0 Å². The lowest BCUT2D eigenvalue weighted by atomic mass is 10.1. The highest BCUT2D eigenvalue weighted by Gasteiger charge is 2.21. The summed E-state index contributed by atoms with van der Waals surface area (Å²) in [5.41, 5.74) is 1.40. The van der Waals surface area contributed by atoms with Crippen molar-refractivity contribution in [1.29, 1.82) is 0 Å². The van der Waals surface area contributed by atoms with E-state index in [-0.39, 0.29) is 16.7 Å². The van der Waals surface area contributed by atoms with E-state index >= 15 is 0 Å². The Balaban J connectivity index is 2.13. The predicted octanol–water partition coefficient (Wildman–Crippen LogP) is 3.32. The molecular formula is C20H25N3O4S. The van der Waals surface area contributed by atoms with Gasteiger partial charge in [-0.15, -0.1) is 0 Å². The van der Waals surface area contributed by atoms with Crippen molar-refractivity contribution in [3.8, 4) is 0 Å². The molecule has 0 atom stereocenters. The molecule has 2 rings (SSSR count). The number of rotatable bonds is 8. The second-order valence-electron chi connectivity index (χ2n) is 6.05. The second kappa shape index (κ2) is 9.48. The fourth-order valence-corrected chi connectivity index (χ4v) is 4.07. The van der Waals surface area contributed by atoms with Gasteiger partial charge in [-0.05, 0) is 42.5 Å². The first-order chi connectivity index (χ1) is 13.3. The van der Waals surface area contributed by atoms with Gasteiger partial charge in [-0.3, -0.25) is 9.59 Å². The van der Waals surface area contributed by atoms with Gasteiger partial charge in [-0.2, -0.15) is 4.31 Å². The number of nitrogens with one attached hydrogen (secondary N) is 2. The van der Waals surface area contributed by atoms with Crippen LogP contribution in [0.15, 0.2) is 53.4 Å². The van der Waals surface area contributed by atoms with Gasteiger partial charge >= 0.3 is 0 Å². The van der Waals surface area contributed by atoms with Crippen LogP contribution in [-0.4, -0.2) is 37.6 Å². The smallest absolute Gasteiger partial charge is 0.255 e. The summed E-state index contributed by atoms with van der Waals surface area (Å²) >= 11 is 0. The fourth-order valence-electron chi connectivity index (χ4n) is 2.61. The summed E-state index contributed by atoms with van der Waals surface area (Å²) in [6.07, 6.45) is 0.346. The van der Waals surface area contributed by atoms with E-state index in [2.05, 4.69) is 10.6 Å². The van der Waals surface area contributed by atoms with E-state index in [4.69, 9.17) is 0 Å². The molecule has 0 aliphatic rings. The second-order valence-corrected chi connectivity index (χ2v) is 7.99. The Kier molecular flexibility index (Phi) is 7.31. The lowest BCUT2D eigenvalue weighted by molar-refractivity contribution is -0.115. The molecule has 2 aromatic rings. The van der Waals surface area contributed by atoms with Crippen LogP contribution < -0.4 is 10.6 Å². The number of benzene rings is 2. The first-order valence-electron chi connectivity index (χ1n) is 9.13. The zero-order valence-electron chi connectivity index (χ0n) is 16.2. The molecule has 0 radical (unpaired) electrons. The van der Waals surface area contributed by atoms with Gasteiger partial charge < -0.3 is 10.6 Å². The number of amides is 2. The van der Waals surface area contributed by atoms with Crippen LogP contribution >= 0.6 is 0 Å². The molecule has 0 spiro atoms. The van der Waals surface area contributed by atoms with E-state index in [0.717, 1.165) is 0 Å². The van der Waals surface area contributed by atoms with Crippen LogP contribution in [0.2, 0.25) is 0 Å². The standard InChI is InChI=1S/C20H25N3O4S/c1-4-19(24)21-17-9-7-8-15(14-17)20(25)22-16-10-12-18(13-11-16)28(26,27)23(5-2)6-3/h7-14H,4-6H2,1-3H3,(H,21,24)(H,22,25). The van der Waals surface area contributed by atoms with E-state index < -0.39 is 10.0 Å². The summed E-state index contributed by atoms with van der Waals surface area (Å²) in [7, 11) is -3.54. The number of nitrogens with zero attached hydrogens (tertiary/aromatic N) is 1. The number of anilines is 2. The van der Waals surface area contributed by atoms with Crippen LogP contribution in [0.1, 0.15) is 37.6 Å². The first-order valence-corrected chi connectivity index (χ1v) is 10.6. The third-order valence-electron chi connectivity index (χ3n) is 4.19. The fraction of sp³-hybridized carbons (Fsp3) is 0.300. The van der Waals surface area contributed by atoms with Crippen molar-refractivity contribution >= 4 is 33.2 Å². The highest BCUT2D eigenvalue weighted by molar-refractivity contribution is 7.89. The summed E-state index contributed by atoms with van der Waals surface area (Å²) in [5, 5.41) is 5.43. The van der Waals surface area contributed by atoms with Gasteiger partial charge in [0.2, 0.25) is 15.9 Å². The molecule has 0 saturated heterocycles. The Morgan fingerprint density at radius 3 is 2.11 bits per heavy atom. The van der Waals surface area contributed by atoms with Crippen molar-refractivity contribution < 1.29 is 18.0 Å². The molecule has 0 aliphatic heterocycles. The Morgan fingerprint density at radius 1 is 0.893 bits per heavy atom. The van der Waals surface area contributed by atoms with Crippen molar-refractivity contribution in [2.45, 2.75) is 32.1 Å². The molecule has 7 nitrogen and oxygen atoms in total. The number of carbonyl (C=O) groups is 2. The average Bonchev–Trinajstić information content (AvgIpc) is 2.69. The maximum absolute atomic E-state index is 12.5. The van der Waals surface area contributed by atoms with Crippen LogP contribution in [-0.2, 0) is 14.8 Å². The van der Waals surface area contributed by atoms with E-state index in [9.17, 15) is 18.0 Å². The van der Waals surface area contributed by atoms with Crippen molar-refractivity contribution in [2.24, 2.45) is 0 Å². The lowest BCUT2D eigenvalue weighted by Gasteiger charge is -2.18. The summed E-state index contributed by atoms with van der Waals surface area (Å²) in [4.78, 5) is 24.1. The van der Waals surface area contributed by atoms with Crippen molar-refractivity contribution in [2.75, 3.05) is 23.7 Å². The Hall–Kier alpha value is -2.71. The van der Waals surface area contributed by atoms with E-state index in [0.29, 0.717) is 36.4 Å². The molecule has 0 saturated carbocycles. The maximum atomic E-state index is 12.5. The van der Waals surface area contributed by atoms with Gasteiger partial charge in [0.15, 0.2) is 0 Å². The van der Waals surface area contributed by atoms with Gasteiger partial charge in [0.25, 0.3) is 5.91 Å². The molecule has 2 N–H and O–H groups in total. The van der Waals surface area contributed by atoms with Gasteiger partial charge in [-0.1, -0.05) is 26.8 Å². The number of carbonyl (C=O) groups excluding carboxylic acids is 2. The Morgan fingerprint density at radius 2 is 1.54 bits per heavy atom. The topological polar surface area (TPSA) is 95.6 Å². The third-order valence-corrected chi connectivity index (χ3v) is 6.25. The minimum atomic E-state index is -3.54. The normalized spacial score (nSPS) is 11.3. The molecule has 2 amide bonds. The van der Waals surface area contributed by atoms with Crippen LogP contribution in [0.5, 0.6) is 0 Å². The number of hydrogen-bond donors (Lipinski definition) is 2. The molecule has 8 heteroatoms. The average molecular weight is 404 g/mol. The lowest BCUT2D eigenvalue weighted by Crippen LogP contribution is -2.30. The molecule has 0 heterocycles. The summed E-state index contributed by atoms with van der Waals surface area (Å²) < 4.78 is 26.4. The van der Waals surface area contributed by atoms with E-state index in [1.54, 1.807) is 57.2 Å². The van der Waals surface area contributed by atoms with E-state index in [1.165, 1.54) is 16.4 Å². The minimum Gasteiger partial charge on any atom is -0.326 e. The third kappa shape index (κ3) is 5.17. The highest BCUT2D eigenvalue weighted by atomic mass is 32.2. The quantitative estimate of drug-likeness (QED) is 0.707. The molecule has 0 aromatic heterocycles. The molecule has 2 aromatic carbocycles. The van der Waals surface area contributed by atoms with Crippen molar-refractivity contribution in [1.82, 2.24) is 4.31 Å². The predicted molar refractivity (Wildman–Crippen MR) is 110 cm³/mol. The molecule has 0 fully saturated rings. The van der Waals surface area contributed by atoms with Crippen LogP contribution in [0.3, 0.4) is 0 Å². The zero-order valence-corrected chi connectivity index (χ0v) is 17.0. The Labute approximate surface area is 165 Å². The largest absolute Gasteiger partial charge is 0.326 e. The van der Waals surface area contributed by atoms with Crippen LogP contribution in [0, 0.1) is 0 Å². The van der Waals surface area contributed by atoms with Gasteiger partial charge in [0.05, 0.1) is 4.90 Å². The number of sulfonamides is 1. The zero-order chi connectivity index (χ0) is 20.7. The van der Waals surface area contributed by atoms with Crippen LogP contribution in [0.4, 0.5) is 11.4 Å². The molecule has 0 bridgehead atoms. The molecule has 0 unspecified atom stereocenters. The number of hydrogen-bond acceptors (Lipinski definition) is 4. The summed E-state index contributed by atoms with van der Waals surface area (Å²) in [5.74, 6) is -0.491.